The second-order valence-corrected chi connectivity index (χ2v) is 4.21. The normalized spacial score (nSPS) is 24.2. The molecule has 0 bridgehead atoms. The molecule has 0 spiro atoms. The number of nitrogens with one attached hydrogen (secondary N) is 1. The number of likely N-dealkylation sites (N-methyl/N-ethyl adjacent to an activating group) is 1. The Labute approximate surface area is 100 Å². The highest BCUT2D eigenvalue weighted by molar-refractivity contribution is 6.19. The number of rotatable bonds is 3. The molecule has 1 aliphatic heterocycles. The number of alkyl halides is 1. The third-order valence-electron chi connectivity index (χ3n) is 2.72. The molecule has 1 saturated heterocycles. The third-order valence-corrected chi connectivity index (χ3v) is 2.91. The average molecular weight is 249 g/mol. The van der Waals surface area contributed by atoms with E-state index in [1.165, 1.54) is 4.90 Å². The van der Waals surface area contributed by atoms with Crippen LogP contribution in [0.5, 0.6) is 0 Å². The van der Waals surface area contributed by atoms with E-state index in [0.717, 1.165) is 6.42 Å². The van der Waals surface area contributed by atoms with Crippen molar-refractivity contribution >= 4 is 23.5 Å². The van der Waals surface area contributed by atoms with Crippen molar-refractivity contribution < 1.29 is 14.3 Å². The van der Waals surface area contributed by atoms with Gasteiger partial charge in [-0.25, -0.2) is 4.79 Å². The zero-order chi connectivity index (χ0) is 12.1. The van der Waals surface area contributed by atoms with E-state index in [2.05, 4.69) is 5.32 Å². The number of halogens is 1. The molecule has 16 heavy (non-hydrogen) atoms. The second-order valence-electron chi connectivity index (χ2n) is 3.84. The van der Waals surface area contributed by atoms with Crippen LogP contribution in [0.15, 0.2) is 0 Å². The van der Waals surface area contributed by atoms with Crippen molar-refractivity contribution in [1.29, 1.82) is 0 Å². The Kier molecular flexibility index (Phi) is 5.02. The lowest BCUT2D eigenvalue weighted by atomic mass is 10.1. The SMILES string of the molecule is CC1OCCC1N(C)C(=O)NC(=O)CCCl. The first-order chi connectivity index (χ1) is 7.56. The Balaban J connectivity index is 2.44. The first kappa shape index (κ1) is 13.3. The van der Waals surface area contributed by atoms with Gasteiger partial charge in [-0.15, -0.1) is 11.6 Å². The van der Waals surface area contributed by atoms with Crippen LogP contribution in [0.4, 0.5) is 4.79 Å². The Morgan fingerprint density at radius 1 is 1.56 bits per heavy atom. The fourth-order valence-electron chi connectivity index (χ4n) is 1.74. The summed E-state index contributed by atoms with van der Waals surface area (Å²) in [5, 5.41) is 2.29. The van der Waals surface area contributed by atoms with Gasteiger partial charge in [-0.1, -0.05) is 0 Å². The number of nitrogens with zero attached hydrogens (tertiary/aromatic N) is 1. The van der Waals surface area contributed by atoms with Crippen LogP contribution in [0.3, 0.4) is 0 Å². The highest BCUT2D eigenvalue weighted by Gasteiger charge is 2.30. The zero-order valence-corrected chi connectivity index (χ0v) is 10.3. The van der Waals surface area contributed by atoms with Crippen molar-refractivity contribution in [3.05, 3.63) is 0 Å². The number of carbonyl (C=O) groups excluding carboxylic acids is 2. The standard InChI is InChI=1S/C10H17ClN2O3/c1-7-8(4-6-16-7)13(2)10(15)12-9(14)3-5-11/h7-8H,3-6H2,1-2H3,(H,12,14,15). The molecule has 2 atom stereocenters. The van der Waals surface area contributed by atoms with Gasteiger partial charge in [-0.3, -0.25) is 10.1 Å². The van der Waals surface area contributed by atoms with E-state index in [1.54, 1.807) is 7.05 Å². The van der Waals surface area contributed by atoms with Crippen LogP contribution < -0.4 is 5.32 Å². The Morgan fingerprint density at radius 3 is 2.75 bits per heavy atom. The van der Waals surface area contributed by atoms with Crippen LogP contribution in [0.25, 0.3) is 0 Å². The lowest BCUT2D eigenvalue weighted by molar-refractivity contribution is -0.119. The van der Waals surface area contributed by atoms with Crippen molar-refractivity contribution in [3.63, 3.8) is 0 Å². The molecule has 0 aromatic rings. The van der Waals surface area contributed by atoms with Crippen LogP contribution in [0, 0.1) is 0 Å². The smallest absolute Gasteiger partial charge is 0.324 e. The quantitative estimate of drug-likeness (QED) is 0.757. The number of hydrogen-bond donors (Lipinski definition) is 1. The predicted octanol–water partition coefficient (Wildman–Crippen LogP) is 0.961. The minimum atomic E-state index is -0.391. The summed E-state index contributed by atoms with van der Waals surface area (Å²) in [7, 11) is 1.67. The van der Waals surface area contributed by atoms with Gasteiger partial charge in [0, 0.05) is 26.0 Å². The second kappa shape index (κ2) is 6.06. The third kappa shape index (κ3) is 3.35. The van der Waals surface area contributed by atoms with Crippen molar-refractivity contribution in [3.8, 4) is 0 Å². The maximum Gasteiger partial charge on any atom is 0.324 e. The molecule has 1 N–H and O–H groups in total. The van der Waals surface area contributed by atoms with Crippen LogP contribution >= 0.6 is 11.6 Å². The van der Waals surface area contributed by atoms with Crippen molar-refractivity contribution in [1.82, 2.24) is 10.2 Å². The Hall–Kier alpha value is -0.810. The summed E-state index contributed by atoms with van der Waals surface area (Å²) in [6.45, 7) is 2.57. The number of hydrogen-bond acceptors (Lipinski definition) is 3. The molecular formula is C10H17ClN2O3. The van der Waals surface area contributed by atoms with Crippen molar-refractivity contribution in [2.45, 2.75) is 31.9 Å². The molecule has 0 aromatic heterocycles. The van der Waals surface area contributed by atoms with E-state index < -0.39 is 6.03 Å². The predicted molar refractivity (Wildman–Crippen MR) is 60.5 cm³/mol. The van der Waals surface area contributed by atoms with Crippen molar-refractivity contribution in [2.24, 2.45) is 0 Å². The molecule has 2 unspecified atom stereocenters. The van der Waals surface area contributed by atoms with E-state index >= 15 is 0 Å². The first-order valence-electron chi connectivity index (χ1n) is 5.30. The van der Waals surface area contributed by atoms with E-state index in [0.29, 0.717) is 6.61 Å². The van der Waals surface area contributed by atoms with Crippen LogP contribution in [-0.2, 0) is 9.53 Å². The van der Waals surface area contributed by atoms with Gasteiger partial charge in [0.2, 0.25) is 5.91 Å². The zero-order valence-electron chi connectivity index (χ0n) is 9.53. The largest absolute Gasteiger partial charge is 0.376 e. The fourth-order valence-corrected chi connectivity index (χ4v) is 1.91. The van der Waals surface area contributed by atoms with E-state index in [1.807, 2.05) is 6.92 Å². The molecule has 1 heterocycles. The molecule has 0 aromatic carbocycles. The first-order valence-corrected chi connectivity index (χ1v) is 5.84. The summed E-state index contributed by atoms with van der Waals surface area (Å²) in [6.07, 6.45) is 0.964. The summed E-state index contributed by atoms with van der Waals surface area (Å²) in [5.41, 5.74) is 0. The van der Waals surface area contributed by atoms with Crippen LogP contribution in [0.2, 0.25) is 0 Å². The van der Waals surface area contributed by atoms with Gasteiger partial charge in [0.15, 0.2) is 0 Å². The monoisotopic (exact) mass is 248 g/mol. The highest BCUT2D eigenvalue weighted by Crippen LogP contribution is 2.17. The lowest BCUT2D eigenvalue weighted by Gasteiger charge is -2.26. The van der Waals surface area contributed by atoms with Crippen LogP contribution in [0.1, 0.15) is 19.8 Å². The van der Waals surface area contributed by atoms with Gasteiger partial charge in [-0.05, 0) is 13.3 Å². The minimum absolute atomic E-state index is 0.0129. The Bertz CT molecular complexity index is 273. The number of ether oxygens (including phenoxy) is 1. The van der Waals surface area contributed by atoms with E-state index in [9.17, 15) is 9.59 Å². The minimum Gasteiger partial charge on any atom is -0.376 e. The molecule has 0 aliphatic carbocycles. The number of imide groups is 1. The maximum absolute atomic E-state index is 11.7. The van der Waals surface area contributed by atoms with Gasteiger partial charge in [0.1, 0.15) is 0 Å². The average Bonchev–Trinajstić information content (AvgIpc) is 2.63. The molecule has 6 heteroatoms. The number of urea groups is 1. The van der Waals surface area contributed by atoms with Crippen molar-refractivity contribution in [2.75, 3.05) is 19.5 Å². The van der Waals surface area contributed by atoms with Gasteiger partial charge in [-0.2, -0.15) is 0 Å². The lowest BCUT2D eigenvalue weighted by Crippen LogP contribution is -2.48. The number of carbonyl (C=O) groups is 2. The molecule has 1 rings (SSSR count). The molecular weight excluding hydrogens is 232 g/mol. The van der Waals surface area contributed by atoms with E-state index in [4.69, 9.17) is 16.3 Å². The van der Waals surface area contributed by atoms with Gasteiger partial charge < -0.3 is 9.64 Å². The fraction of sp³-hybridized carbons (Fsp3) is 0.800. The molecule has 5 nitrogen and oxygen atoms in total. The van der Waals surface area contributed by atoms with Gasteiger partial charge in [0.05, 0.1) is 12.1 Å². The summed E-state index contributed by atoms with van der Waals surface area (Å²) in [5.74, 6) is -0.135. The molecule has 0 saturated carbocycles. The summed E-state index contributed by atoms with van der Waals surface area (Å²) in [4.78, 5) is 24.4. The molecule has 92 valence electrons. The summed E-state index contributed by atoms with van der Waals surface area (Å²) < 4.78 is 5.36. The molecule has 1 aliphatic rings. The van der Waals surface area contributed by atoms with E-state index in [-0.39, 0.29) is 30.4 Å². The number of amides is 3. The maximum atomic E-state index is 11.7. The summed E-state index contributed by atoms with van der Waals surface area (Å²) in [6, 6.07) is -0.360. The molecule has 3 amide bonds. The van der Waals surface area contributed by atoms with Crippen LogP contribution in [-0.4, -0.2) is 48.5 Å². The molecule has 1 fully saturated rings. The Morgan fingerprint density at radius 2 is 2.25 bits per heavy atom. The highest BCUT2D eigenvalue weighted by atomic mass is 35.5. The van der Waals surface area contributed by atoms with Gasteiger partial charge >= 0.3 is 6.03 Å². The topological polar surface area (TPSA) is 58.6 Å². The van der Waals surface area contributed by atoms with Gasteiger partial charge in [0.25, 0.3) is 0 Å². The summed E-state index contributed by atoms with van der Waals surface area (Å²) >= 11 is 5.40. The molecule has 0 radical (unpaired) electrons.